The number of carbonyl (C=O) groups is 1. The molecule has 130 valence electrons. The van der Waals surface area contributed by atoms with Gasteiger partial charge in [0.05, 0.1) is 16.6 Å². The molecule has 1 N–H and O–H groups in total. The van der Waals surface area contributed by atoms with Crippen molar-refractivity contribution in [2.24, 2.45) is 0 Å². The molecule has 0 aliphatic heterocycles. The number of hydrogen-bond acceptors (Lipinski definition) is 5. The number of amides is 1. The fourth-order valence-corrected chi connectivity index (χ4v) is 4.06. The van der Waals surface area contributed by atoms with Gasteiger partial charge in [0.1, 0.15) is 0 Å². The molecule has 0 aliphatic rings. The molecule has 3 aromatic rings. The van der Waals surface area contributed by atoms with E-state index >= 15 is 0 Å². The first-order chi connectivity index (χ1) is 12.2. The molecule has 1 amide bonds. The van der Waals surface area contributed by atoms with Crippen LogP contribution < -0.4 is 0 Å². The summed E-state index contributed by atoms with van der Waals surface area (Å²) in [7, 11) is 0. The van der Waals surface area contributed by atoms with E-state index in [1.165, 1.54) is 23.1 Å². The number of thioether (sulfide) groups is 1. The van der Waals surface area contributed by atoms with Crippen LogP contribution in [0, 0.1) is 0 Å². The highest BCUT2D eigenvalue weighted by atomic mass is 35.5. The van der Waals surface area contributed by atoms with Crippen molar-refractivity contribution in [3.05, 3.63) is 51.7 Å². The fraction of sp³-hybridized carbons (Fsp3) is 0.235. The summed E-state index contributed by atoms with van der Waals surface area (Å²) in [6.07, 6.45) is 0. The number of aromatic nitrogens is 3. The Morgan fingerprint density at radius 1 is 1.28 bits per heavy atom. The average Bonchev–Trinajstić information content (AvgIpc) is 3.27. The molecule has 0 unspecified atom stereocenters. The Hall–Kier alpha value is -1.83. The van der Waals surface area contributed by atoms with Crippen LogP contribution in [-0.4, -0.2) is 38.3 Å². The predicted molar refractivity (Wildman–Crippen MR) is 103 cm³/mol. The molecule has 5 nitrogen and oxygen atoms in total. The summed E-state index contributed by atoms with van der Waals surface area (Å²) < 4.78 is 0.738. The van der Waals surface area contributed by atoms with Crippen LogP contribution in [0.3, 0.4) is 0 Å². The lowest BCUT2D eigenvalue weighted by Crippen LogP contribution is -2.31. The zero-order valence-electron chi connectivity index (χ0n) is 13.6. The van der Waals surface area contributed by atoms with Gasteiger partial charge in [-0.1, -0.05) is 53.7 Å². The Kier molecular flexibility index (Phi) is 6.12. The van der Waals surface area contributed by atoms with Gasteiger partial charge in [-0.2, -0.15) is 0 Å². The molecule has 2 heterocycles. The van der Waals surface area contributed by atoms with Gasteiger partial charge in [0, 0.05) is 17.0 Å². The van der Waals surface area contributed by atoms with Crippen LogP contribution in [0.15, 0.2) is 47.6 Å². The number of halogens is 1. The van der Waals surface area contributed by atoms with E-state index in [2.05, 4.69) is 15.2 Å². The fourth-order valence-electron chi connectivity index (χ4n) is 2.25. The molecule has 0 fully saturated rings. The third-order valence-corrected chi connectivity index (χ3v) is 5.59. The number of carbonyl (C=O) groups excluding carboxylic acids is 1. The van der Waals surface area contributed by atoms with Crippen molar-refractivity contribution < 1.29 is 4.79 Å². The summed E-state index contributed by atoms with van der Waals surface area (Å²) in [5, 5.41) is 7.66. The minimum Gasteiger partial charge on any atom is -0.337 e. The molecule has 0 saturated carbocycles. The van der Waals surface area contributed by atoms with Gasteiger partial charge in [-0.15, -0.1) is 16.4 Å². The Bertz CT molecular complexity index is 834. The number of aromatic amines is 1. The van der Waals surface area contributed by atoms with E-state index in [1.807, 2.05) is 49.4 Å². The molecule has 1 aromatic carbocycles. The number of benzene rings is 1. The summed E-state index contributed by atoms with van der Waals surface area (Å²) in [5.74, 6) is 1.07. The second-order valence-corrected chi connectivity index (χ2v) is 7.98. The van der Waals surface area contributed by atoms with Crippen molar-refractivity contribution in [2.45, 2.75) is 18.6 Å². The van der Waals surface area contributed by atoms with Crippen molar-refractivity contribution in [3.63, 3.8) is 0 Å². The van der Waals surface area contributed by atoms with Gasteiger partial charge in [0.25, 0.3) is 0 Å². The van der Waals surface area contributed by atoms with E-state index in [1.54, 1.807) is 4.90 Å². The lowest BCUT2D eigenvalue weighted by atomic mass is 10.2. The Balaban J connectivity index is 1.57. The molecular weight excluding hydrogens is 376 g/mol. The maximum absolute atomic E-state index is 12.4. The lowest BCUT2D eigenvalue weighted by molar-refractivity contribution is -0.128. The highest BCUT2D eigenvalue weighted by Crippen LogP contribution is 2.23. The number of nitrogens with one attached hydrogen (secondary N) is 1. The van der Waals surface area contributed by atoms with Gasteiger partial charge in [-0.3, -0.25) is 9.89 Å². The number of hydrogen-bond donors (Lipinski definition) is 1. The number of H-pyrrole nitrogens is 1. The van der Waals surface area contributed by atoms with E-state index in [0.29, 0.717) is 29.8 Å². The van der Waals surface area contributed by atoms with Gasteiger partial charge in [-0.05, 0) is 19.1 Å². The molecule has 2 aromatic heterocycles. The van der Waals surface area contributed by atoms with E-state index in [4.69, 9.17) is 11.6 Å². The van der Waals surface area contributed by atoms with E-state index in [0.717, 1.165) is 14.8 Å². The summed E-state index contributed by atoms with van der Waals surface area (Å²) in [6.45, 7) is 3.20. The van der Waals surface area contributed by atoms with Crippen LogP contribution in [0.2, 0.25) is 4.34 Å². The Morgan fingerprint density at radius 2 is 2.08 bits per heavy atom. The second kappa shape index (κ2) is 8.51. The van der Waals surface area contributed by atoms with Crippen molar-refractivity contribution in [3.8, 4) is 11.4 Å². The Morgan fingerprint density at radius 3 is 2.76 bits per heavy atom. The molecule has 0 radical (unpaired) electrons. The van der Waals surface area contributed by atoms with Crippen molar-refractivity contribution in [1.29, 1.82) is 0 Å². The zero-order valence-corrected chi connectivity index (χ0v) is 16.0. The van der Waals surface area contributed by atoms with Gasteiger partial charge < -0.3 is 4.90 Å². The third-order valence-electron chi connectivity index (χ3n) is 3.55. The van der Waals surface area contributed by atoms with Crippen molar-refractivity contribution in [1.82, 2.24) is 20.1 Å². The van der Waals surface area contributed by atoms with Crippen LogP contribution in [0.5, 0.6) is 0 Å². The smallest absolute Gasteiger partial charge is 0.233 e. The minimum absolute atomic E-state index is 0.0584. The first kappa shape index (κ1) is 18.0. The van der Waals surface area contributed by atoms with Crippen molar-refractivity contribution in [2.75, 3.05) is 12.3 Å². The third kappa shape index (κ3) is 4.84. The second-order valence-electron chi connectivity index (χ2n) is 5.24. The molecule has 0 spiro atoms. The molecule has 0 atom stereocenters. The van der Waals surface area contributed by atoms with Crippen LogP contribution in [0.25, 0.3) is 11.4 Å². The molecule has 0 saturated heterocycles. The average molecular weight is 393 g/mol. The number of nitrogens with zero attached hydrogens (tertiary/aromatic N) is 3. The molecule has 0 bridgehead atoms. The SMILES string of the molecule is CCN(Cc1ccc(Cl)s1)C(=O)CSc1n[nH]c(-c2ccccc2)n1. The zero-order chi connectivity index (χ0) is 17.6. The standard InChI is InChI=1S/C17H17ClN4OS2/c1-2-22(10-13-8-9-14(18)25-13)15(23)11-24-17-19-16(20-21-17)12-6-4-3-5-7-12/h3-9H,2,10-11H2,1H3,(H,19,20,21). The highest BCUT2D eigenvalue weighted by molar-refractivity contribution is 7.99. The van der Waals surface area contributed by atoms with Crippen molar-refractivity contribution >= 4 is 40.6 Å². The first-order valence-corrected chi connectivity index (χ1v) is 9.96. The summed E-state index contributed by atoms with van der Waals surface area (Å²) in [6, 6.07) is 13.6. The first-order valence-electron chi connectivity index (χ1n) is 7.78. The summed E-state index contributed by atoms with van der Waals surface area (Å²) in [5.41, 5.74) is 0.970. The van der Waals surface area contributed by atoms with E-state index in [-0.39, 0.29) is 5.91 Å². The largest absolute Gasteiger partial charge is 0.337 e. The maximum atomic E-state index is 12.4. The van der Waals surface area contributed by atoms with Crippen LogP contribution >= 0.6 is 34.7 Å². The monoisotopic (exact) mass is 392 g/mol. The van der Waals surface area contributed by atoms with Crippen LogP contribution in [-0.2, 0) is 11.3 Å². The topological polar surface area (TPSA) is 61.9 Å². The van der Waals surface area contributed by atoms with Gasteiger partial charge in [-0.25, -0.2) is 4.98 Å². The van der Waals surface area contributed by atoms with Gasteiger partial charge in [0.15, 0.2) is 5.82 Å². The number of thiophene rings is 1. The summed E-state index contributed by atoms with van der Waals surface area (Å²) >= 11 is 8.79. The van der Waals surface area contributed by atoms with Gasteiger partial charge >= 0.3 is 0 Å². The highest BCUT2D eigenvalue weighted by Gasteiger charge is 2.15. The molecular formula is C17H17ClN4OS2. The van der Waals surface area contributed by atoms with Crippen LogP contribution in [0.4, 0.5) is 0 Å². The summed E-state index contributed by atoms with van der Waals surface area (Å²) in [4.78, 5) is 19.8. The number of rotatable bonds is 7. The van der Waals surface area contributed by atoms with E-state index < -0.39 is 0 Å². The van der Waals surface area contributed by atoms with Crippen LogP contribution in [0.1, 0.15) is 11.8 Å². The predicted octanol–water partition coefficient (Wildman–Crippen LogP) is 4.33. The Labute approximate surface area is 159 Å². The minimum atomic E-state index is 0.0584. The lowest BCUT2D eigenvalue weighted by Gasteiger charge is -2.19. The maximum Gasteiger partial charge on any atom is 0.233 e. The normalized spacial score (nSPS) is 10.8. The molecule has 25 heavy (non-hydrogen) atoms. The molecule has 0 aliphatic carbocycles. The quantitative estimate of drug-likeness (QED) is 0.608. The van der Waals surface area contributed by atoms with E-state index in [9.17, 15) is 4.79 Å². The van der Waals surface area contributed by atoms with Gasteiger partial charge in [0.2, 0.25) is 11.1 Å². The molecule has 3 rings (SSSR count). The molecule has 8 heteroatoms.